The number of carbonyl (C=O) groups is 1. The van der Waals surface area contributed by atoms with Crippen LogP contribution in [0, 0.1) is 6.92 Å². The monoisotopic (exact) mass is 394 g/mol. The quantitative estimate of drug-likeness (QED) is 0.585. The number of aromatic nitrogens is 2. The van der Waals surface area contributed by atoms with Crippen molar-refractivity contribution in [2.75, 3.05) is 7.11 Å². The minimum atomic E-state index is -0.464. The summed E-state index contributed by atoms with van der Waals surface area (Å²) in [5.74, 6) is 0.657. The molecule has 0 saturated heterocycles. The molecule has 0 radical (unpaired) electrons. The van der Waals surface area contributed by atoms with E-state index in [2.05, 4.69) is 33.2 Å². The fraction of sp³-hybridized carbons (Fsp3) is 0.364. The van der Waals surface area contributed by atoms with Crippen LogP contribution in [0.3, 0.4) is 0 Å². The average Bonchev–Trinajstić information content (AvgIpc) is 2.74. The summed E-state index contributed by atoms with van der Waals surface area (Å²) in [6.45, 7) is 5.80. The minimum Gasteiger partial charge on any atom is -0.494 e. The Balaban J connectivity index is 1.93. The third-order valence-electron chi connectivity index (χ3n) is 5.27. The molecule has 1 aromatic carbocycles. The molecule has 152 valence electrons. The molecule has 1 amide bonds. The highest BCUT2D eigenvalue weighted by Gasteiger charge is 2.21. The smallest absolute Gasteiger partial charge is 0.258 e. The number of ether oxygens (including phenoxy) is 1. The molecule has 0 aliphatic heterocycles. The van der Waals surface area contributed by atoms with E-state index >= 15 is 0 Å². The van der Waals surface area contributed by atoms with Crippen molar-refractivity contribution < 1.29 is 14.6 Å². The predicted molar refractivity (Wildman–Crippen MR) is 112 cm³/mol. The van der Waals surface area contributed by atoms with E-state index in [1.54, 1.807) is 7.11 Å². The summed E-state index contributed by atoms with van der Waals surface area (Å²) >= 11 is 0. The number of rotatable bonds is 5. The third-order valence-corrected chi connectivity index (χ3v) is 5.27. The number of hydrogen-bond donors (Lipinski definition) is 2. The molecular weight excluding hydrogens is 368 g/mol. The molecule has 3 rings (SSSR count). The number of carbonyl (C=O) groups excluding carboxylic acids is 1. The van der Waals surface area contributed by atoms with Gasteiger partial charge < -0.3 is 15.2 Å². The summed E-state index contributed by atoms with van der Waals surface area (Å²) in [4.78, 5) is 17.1. The van der Waals surface area contributed by atoms with Crippen molar-refractivity contribution in [1.82, 2.24) is 15.5 Å². The van der Waals surface area contributed by atoms with Gasteiger partial charge in [0.25, 0.3) is 5.91 Å². The fourth-order valence-corrected chi connectivity index (χ4v) is 3.76. The Bertz CT molecular complexity index is 934. The van der Waals surface area contributed by atoms with E-state index in [-0.39, 0.29) is 17.3 Å². The summed E-state index contributed by atoms with van der Waals surface area (Å²) in [6.07, 6.45) is 8.89. The van der Waals surface area contributed by atoms with Crippen molar-refractivity contribution in [2.24, 2.45) is 4.99 Å². The van der Waals surface area contributed by atoms with Crippen LogP contribution in [0.15, 0.2) is 42.0 Å². The van der Waals surface area contributed by atoms with Gasteiger partial charge in [-0.2, -0.15) is 5.10 Å². The Morgan fingerprint density at radius 3 is 2.76 bits per heavy atom. The molecule has 1 fully saturated rings. The topological polar surface area (TPSA) is 96.7 Å². The van der Waals surface area contributed by atoms with Crippen LogP contribution in [0.1, 0.15) is 59.5 Å². The molecule has 0 spiro atoms. The number of aliphatic imine (C=N–C) groups is 1. The maximum Gasteiger partial charge on any atom is 0.258 e. The van der Waals surface area contributed by atoms with Gasteiger partial charge in [-0.05, 0) is 49.0 Å². The molecule has 29 heavy (non-hydrogen) atoms. The Hall–Kier alpha value is -3.22. The van der Waals surface area contributed by atoms with Crippen LogP contribution in [0.5, 0.6) is 11.6 Å². The van der Waals surface area contributed by atoms with E-state index in [1.165, 1.54) is 56.0 Å². The summed E-state index contributed by atoms with van der Waals surface area (Å²) < 4.78 is 5.51. The number of hydrogen-bond acceptors (Lipinski definition) is 6. The minimum absolute atomic E-state index is 0.173. The number of aromatic hydroxyl groups is 1. The van der Waals surface area contributed by atoms with Gasteiger partial charge in [-0.15, -0.1) is 5.10 Å². The molecule has 2 N–H and O–H groups in total. The van der Waals surface area contributed by atoms with Gasteiger partial charge in [-0.3, -0.25) is 4.79 Å². The highest BCUT2D eigenvalue weighted by Crippen LogP contribution is 2.41. The number of benzene rings is 1. The van der Waals surface area contributed by atoms with Gasteiger partial charge in [0.1, 0.15) is 17.3 Å². The summed E-state index contributed by atoms with van der Waals surface area (Å²) in [5.41, 5.74) is 3.18. The lowest BCUT2D eigenvalue weighted by molar-refractivity contribution is 0.0976. The highest BCUT2D eigenvalue weighted by atomic mass is 16.5. The first kappa shape index (κ1) is 20.5. The molecule has 2 aromatic rings. The van der Waals surface area contributed by atoms with Crippen LogP contribution in [0.4, 0.5) is 5.69 Å². The molecule has 1 aliphatic rings. The van der Waals surface area contributed by atoms with Crippen LogP contribution < -0.4 is 10.1 Å². The van der Waals surface area contributed by atoms with Gasteiger partial charge in [0.05, 0.1) is 18.9 Å². The first-order chi connectivity index (χ1) is 14.0. The largest absolute Gasteiger partial charge is 0.494 e. The Labute approximate surface area is 170 Å². The maximum atomic E-state index is 12.5. The normalized spacial score (nSPS) is 15.0. The first-order valence-electron chi connectivity index (χ1n) is 9.75. The molecule has 1 heterocycles. The summed E-state index contributed by atoms with van der Waals surface area (Å²) in [6, 6.07) is 5.29. The molecule has 7 nitrogen and oxygen atoms in total. The third kappa shape index (κ3) is 4.80. The molecular formula is C22H26N4O3. The Morgan fingerprint density at radius 2 is 2.10 bits per heavy atom. The van der Waals surface area contributed by atoms with E-state index in [1.807, 2.05) is 13.0 Å². The number of amidine groups is 1. The zero-order valence-electron chi connectivity index (χ0n) is 16.8. The van der Waals surface area contributed by atoms with Gasteiger partial charge in [-0.1, -0.05) is 31.9 Å². The van der Waals surface area contributed by atoms with E-state index in [9.17, 15) is 9.90 Å². The number of nitrogens with zero attached hydrogens (tertiary/aromatic N) is 3. The van der Waals surface area contributed by atoms with Gasteiger partial charge in [0.15, 0.2) is 0 Å². The molecule has 0 bridgehead atoms. The van der Waals surface area contributed by atoms with E-state index in [4.69, 9.17) is 4.74 Å². The standard InChI is InChI=1S/C22H26N4O3/c1-4-19(25-22(28)16-12-20(27)26-23-13-16)24-21-14(2)17(10-11-18(21)29-3)15-8-6-5-7-9-15/h4,10-13,15H,1,5-9H2,2-3H3,(H,26,27)(H,24,25,28). The SMILES string of the molecule is C=C/C(=N\c1c(OC)ccc(C2CCCCC2)c1C)NC(=O)c1cnnc(O)c1. The lowest BCUT2D eigenvalue weighted by atomic mass is 9.82. The van der Waals surface area contributed by atoms with Crippen LogP contribution in [-0.2, 0) is 0 Å². The van der Waals surface area contributed by atoms with E-state index in [0.717, 1.165) is 5.56 Å². The Morgan fingerprint density at radius 1 is 1.34 bits per heavy atom. The second-order valence-electron chi connectivity index (χ2n) is 7.12. The second-order valence-corrected chi connectivity index (χ2v) is 7.12. The second kappa shape index (κ2) is 9.32. The fourth-order valence-electron chi connectivity index (χ4n) is 3.76. The van der Waals surface area contributed by atoms with Gasteiger partial charge >= 0.3 is 0 Å². The zero-order chi connectivity index (χ0) is 20.8. The van der Waals surface area contributed by atoms with Crippen LogP contribution >= 0.6 is 0 Å². The highest BCUT2D eigenvalue weighted by molar-refractivity contribution is 6.10. The first-order valence-corrected chi connectivity index (χ1v) is 9.75. The van der Waals surface area contributed by atoms with Crippen LogP contribution in [0.25, 0.3) is 0 Å². The number of nitrogens with one attached hydrogen (secondary N) is 1. The molecule has 7 heteroatoms. The van der Waals surface area contributed by atoms with Gasteiger partial charge in [0, 0.05) is 6.07 Å². The molecule has 1 aliphatic carbocycles. The van der Waals surface area contributed by atoms with Crippen LogP contribution in [-0.4, -0.2) is 34.2 Å². The summed E-state index contributed by atoms with van der Waals surface area (Å²) in [5, 5.41) is 19.1. The van der Waals surface area contributed by atoms with Crippen molar-refractivity contribution in [3.63, 3.8) is 0 Å². The van der Waals surface area contributed by atoms with Crippen molar-refractivity contribution in [2.45, 2.75) is 44.9 Å². The predicted octanol–water partition coefficient (Wildman–Crippen LogP) is 4.19. The van der Waals surface area contributed by atoms with Crippen LogP contribution in [0.2, 0.25) is 0 Å². The van der Waals surface area contributed by atoms with E-state index < -0.39 is 5.91 Å². The maximum absolute atomic E-state index is 12.5. The molecule has 1 aromatic heterocycles. The molecule has 0 unspecified atom stereocenters. The molecule has 1 saturated carbocycles. The zero-order valence-corrected chi connectivity index (χ0v) is 16.8. The van der Waals surface area contributed by atoms with Crippen molar-refractivity contribution in [3.05, 3.63) is 53.7 Å². The van der Waals surface area contributed by atoms with Gasteiger partial charge in [-0.25, -0.2) is 4.99 Å². The molecule has 0 atom stereocenters. The average molecular weight is 394 g/mol. The number of methoxy groups -OCH3 is 1. The summed E-state index contributed by atoms with van der Waals surface area (Å²) in [7, 11) is 1.60. The lowest BCUT2D eigenvalue weighted by Gasteiger charge is -2.25. The lowest BCUT2D eigenvalue weighted by Crippen LogP contribution is -2.29. The van der Waals surface area contributed by atoms with E-state index in [0.29, 0.717) is 17.4 Å². The van der Waals surface area contributed by atoms with Gasteiger partial charge in [0.2, 0.25) is 5.88 Å². The Kier molecular flexibility index (Phi) is 6.59. The van der Waals surface area contributed by atoms with Crippen molar-refractivity contribution in [3.8, 4) is 11.6 Å². The van der Waals surface area contributed by atoms with Crippen molar-refractivity contribution in [1.29, 1.82) is 0 Å². The van der Waals surface area contributed by atoms with Crippen molar-refractivity contribution >= 4 is 17.4 Å². The number of amides is 1.